The van der Waals surface area contributed by atoms with E-state index in [1.807, 2.05) is 13.8 Å². The number of rotatable bonds is 8. The van der Waals surface area contributed by atoms with E-state index < -0.39 is 18.0 Å². The van der Waals surface area contributed by atoms with Crippen LogP contribution in [-0.2, 0) is 6.18 Å². The summed E-state index contributed by atoms with van der Waals surface area (Å²) >= 11 is 0. The molecule has 0 aliphatic carbocycles. The van der Waals surface area contributed by atoms with Gasteiger partial charge < -0.3 is 15.7 Å². The summed E-state index contributed by atoms with van der Waals surface area (Å²) < 4.78 is 38.4. The number of nitrogens with one attached hydrogen (secondary N) is 2. The van der Waals surface area contributed by atoms with Gasteiger partial charge in [-0.25, -0.2) is 4.98 Å². The second-order valence-electron chi connectivity index (χ2n) is 4.66. The van der Waals surface area contributed by atoms with Crippen molar-refractivity contribution in [3.8, 4) is 0 Å². The number of aliphatic hydroxyl groups excluding tert-OH is 1. The number of hydrogen-bond acceptors (Lipinski definition) is 5. The highest BCUT2D eigenvalue weighted by molar-refractivity contribution is 5.43. The number of halogens is 3. The van der Waals surface area contributed by atoms with Gasteiger partial charge in [-0.05, 0) is 19.3 Å². The van der Waals surface area contributed by atoms with Gasteiger partial charge in [-0.15, -0.1) is 0 Å². The summed E-state index contributed by atoms with van der Waals surface area (Å²) in [6.45, 7) is 4.57. The van der Waals surface area contributed by atoms with Gasteiger partial charge in [0.1, 0.15) is 5.82 Å². The third-order valence-corrected chi connectivity index (χ3v) is 2.80. The largest absolute Gasteiger partial charge is 0.433 e. The van der Waals surface area contributed by atoms with Crippen LogP contribution in [0.3, 0.4) is 0 Å². The van der Waals surface area contributed by atoms with Gasteiger partial charge in [0.25, 0.3) is 0 Å². The zero-order valence-electron chi connectivity index (χ0n) is 12.2. The number of hydrogen-bond donors (Lipinski definition) is 3. The van der Waals surface area contributed by atoms with Crippen molar-refractivity contribution in [3.05, 3.63) is 11.8 Å². The van der Waals surface area contributed by atoms with Crippen LogP contribution in [-0.4, -0.2) is 34.3 Å². The molecule has 5 nitrogen and oxygen atoms in total. The van der Waals surface area contributed by atoms with E-state index >= 15 is 0 Å². The standard InChI is InChI=1S/C13H21F3N4O/c1-3-6-18-12-19-10(13(14,15)16)8-11(20-12)17-7-5-9(21)4-2/h8-9,21H,3-7H2,1-2H3,(H2,17,18,19,20). The van der Waals surface area contributed by atoms with E-state index in [0.29, 0.717) is 25.9 Å². The Balaban J connectivity index is 2.81. The van der Waals surface area contributed by atoms with Gasteiger partial charge in [0.2, 0.25) is 5.95 Å². The average Bonchev–Trinajstić information content (AvgIpc) is 2.43. The lowest BCUT2D eigenvalue weighted by Gasteiger charge is -2.13. The summed E-state index contributed by atoms with van der Waals surface area (Å²) in [7, 11) is 0. The average molecular weight is 306 g/mol. The van der Waals surface area contributed by atoms with Gasteiger partial charge in [0, 0.05) is 19.2 Å². The van der Waals surface area contributed by atoms with E-state index in [1.54, 1.807) is 0 Å². The molecule has 21 heavy (non-hydrogen) atoms. The van der Waals surface area contributed by atoms with Gasteiger partial charge >= 0.3 is 6.18 Å². The molecule has 1 heterocycles. The molecule has 8 heteroatoms. The molecule has 0 aromatic carbocycles. The third kappa shape index (κ3) is 6.16. The van der Waals surface area contributed by atoms with Crippen LogP contribution in [0.4, 0.5) is 24.9 Å². The molecule has 0 fully saturated rings. The van der Waals surface area contributed by atoms with Crippen molar-refractivity contribution < 1.29 is 18.3 Å². The highest BCUT2D eigenvalue weighted by atomic mass is 19.4. The van der Waals surface area contributed by atoms with Crippen molar-refractivity contribution in [2.24, 2.45) is 0 Å². The van der Waals surface area contributed by atoms with Crippen molar-refractivity contribution >= 4 is 11.8 Å². The highest BCUT2D eigenvalue weighted by Gasteiger charge is 2.33. The van der Waals surface area contributed by atoms with Crippen LogP contribution < -0.4 is 10.6 Å². The van der Waals surface area contributed by atoms with Crippen LogP contribution in [0.25, 0.3) is 0 Å². The highest BCUT2D eigenvalue weighted by Crippen LogP contribution is 2.29. The van der Waals surface area contributed by atoms with Crippen LogP contribution in [0.2, 0.25) is 0 Å². The maximum atomic E-state index is 12.8. The number of anilines is 2. The second kappa shape index (κ2) is 8.02. The molecule has 0 bridgehead atoms. The Morgan fingerprint density at radius 3 is 2.48 bits per heavy atom. The first kappa shape index (κ1) is 17.5. The maximum Gasteiger partial charge on any atom is 0.433 e. The van der Waals surface area contributed by atoms with Gasteiger partial charge in [-0.1, -0.05) is 13.8 Å². The molecule has 1 unspecified atom stereocenters. The summed E-state index contributed by atoms with van der Waals surface area (Å²) in [6, 6.07) is 0.870. The number of aromatic nitrogens is 2. The first-order valence-corrected chi connectivity index (χ1v) is 6.98. The Bertz CT molecular complexity index is 440. The smallest absolute Gasteiger partial charge is 0.393 e. The fourth-order valence-electron chi connectivity index (χ4n) is 1.57. The molecule has 0 spiro atoms. The monoisotopic (exact) mass is 306 g/mol. The lowest BCUT2D eigenvalue weighted by atomic mass is 10.2. The lowest BCUT2D eigenvalue weighted by molar-refractivity contribution is -0.141. The minimum absolute atomic E-state index is 0.0507. The Labute approximate surface area is 122 Å². The van der Waals surface area contributed by atoms with E-state index in [9.17, 15) is 18.3 Å². The second-order valence-corrected chi connectivity index (χ2v) is 4.66. The van der Waals surface area contributed by atoms with Crippen molar-refractivity contribution in [1.82, 2.24) is 9.97 Å². The van der Waals surface area contributed by atoms with Crippen molar-refractivity contribution in [2.75, 3.05) is 23.7 Å². The maximum absolute atomic E-state index is 12.8. The minimum Gasteiger partial charge on any atom is -0.393 e. The molecule has 0 aliphatic rings. The number of nitrogens with zero attached hydrogens (tertiary/aromatic N) is 2. The van der Waals surface area contributed by atoms with E-state index in [1.165, 1.54) is 0 Å². The zero-order chi connectivity index (χ0) is 15.9. The van der Waals surface area contributed by atoms with Crippen LogP contribution in [0.1, 0.15) is 38.8 Å². The summed E-state index contributed by atoms with van der Waals surface area (Å²) in [6.07, 6.45) is -3.20. The first-order chi connectivity index (χ1) is 9.86. The molecule has 3 N–H and O–H groups in total. The van der Waals surface area contributed by atoms with Crippen molar-refractivity contribution in [1.29, 1.82) is 0 Å². The Morgan fingerprint density at radius 2 is 1.90 bits per heavy atom. The van der Waals surface area contributed by atoms with E-state index in [2.05, 4.69) is 20.6 Å². The van der Waals surface area contributed by atoms with Crippen LogP contribution >= 0.6 is 0 Å². The lowest BCUT2D eigenvalue weighted by Crippen LogP contribution is -2.16. The third-order valence-electron chi connectivity index (χ3n) is 2.80. The van der Waals surface area contributed by atoms with Gasteiger partial charge in [0.05, 0.1) is 6.10 Å². The molecule has 120 valence electrons. The fraction of sp³-hybridized carbons (Fsp3) is 0.692. The number of alkyl halides is 3. The number of aliphatic hydroxyl groups is 1. The van der Waals surface area contributed by atoms with Crippen molar-refractivity contribution in [3.63, 3.8) is 0 Å². The predicted molar refractivity (Wildman–Crippen MR) is 75.2 cm³/mol. The minimum atomic E-state index is -4.52. The van der Waals surface area contributed by atoms with Crippen LogP contribution in [0.15, 0.2) is 6.07 Å². The molecule has 1 aromatic rings. The van der Waals surface area contributed by atoms with E-state index in [4.69, 9.17) is 0 Å². The topological polar surface area (TPSA) is 70.1 Å². The van der Waals surface area contributed by atoms with Crippen LogP contribution in [0.5, 0.6) is 0 Å². The molecule has 0 saturated carbocycles. The summed E-state index contributed by atoms with van der Waals surface area (Å²) in [4.78, 5) is 7.46. The van der Waals surface area contributed by atoms with Gasteiger partial charge in [-0.2, -0.15) is 18.2 Å². The molecular formula is C13H21F3N4O. The Kier molecular flexibility index (Phi) is 6.67. The molecule has 0 amide bonds. The van der Waals surface area contributed by atoms with E-state index in [0.717, 1.165) is 12.5 Å². The fourth-order valence-corrected chi connectivity index (χ4v) is 1.57. The van der Waals surface area contributed by atoms with Crippen LogP contribution in [0, 0.1) is 0 Å². The molecule has 0 aliphatic heterocycles. The molecule has 0 saturated heterocycles. The molecule has 1 rings (SSSR count). The predicted octanol–water partition coefficient (Wildman–Crippen LogP) is 2.89. The molecule has 1 aromatic heterocycles. The molecule has 1 atom stereocenters. The summed E-state index contributed by atoms with van der Waals surface area (Å²) in [5, 5.41) is 15.0. The molecular weight excluding hydrogens is 285 g/mol. The van der Waals surface area contributed by atoms with Gasteiger partial charge in [0.15, 0.2) is 5.69 Å². The summed E-state index contributed by atoms with van der Waals surface area (Å²) in [5.41, 5.74) is -0.991. The van der Waals surface area contributed by atoms with E-state index in [-0.39, 0.29) is 11.8 Å². The zero-order valence-corrected chi connectivity index (χ0v) is 12.2. The Morgan fingerprint density at radius 1 is 1.19 bits per heavy atom. The first-order valence-electron chi connectivity index (χ1n) is 6.98. The Hall–Kier alpha value is -1.57. The SMILES string of the molecule is CCCNc1nc(NCCC(O)CC)cc(C(F)(F)F)n1. The quantitative estimate of drug-likeness (QED) is 0.689. The molecule has 0 radical (unpaired) electrons. The van der Waals surface area contributed by atoms with Gasteiger partial charge in [-0.3, -0.25) is 0 Å². The van der Waals surface area contributed by atoms with Crippen molar-refractivity contribution in [2.45, 2.75) is 45.4 Å². The summed E-state index contributed by atoms with van der Waals surface area (Å²) in [5.74, 6) is 0.0458. The normalized spacial score (nSPS) is 13.0.